The highest BCUT2D eigenvalue weighted by molar-refractivity contribution is 5.75. The molecule has 114 valence electrons. The van der Waals surface area contributed by atoms with Crippen LogP contribution in [0, 0.1) is 11.8 Å². The highest BCUT2D eigenvalue weighted by Crippen LogP contribution is 2.30. The van der Waals surface area contributed by atoms with E-state index in [-0.39, 0.29) is 18.6 Å². The number of nitrogens with zero attached hydrogens (tertiary/aromatic N) is 1. The molecular weight excluding hydrogens is 270 g/mol. The van der Waals surface area contributed by atoms with Crippen molar-refractivity contribution >= 4 is 12.1 Å². The van der Waals surface area contributed by atoms with Crippen LogP contribution in [0.15, 0.2) is 30.3 Å². The first kappa shape index (κ1) is 15.4. The minimum Gasteiger partial charge on any atom is -0.481 e. The Hall–Kier alpha value is -2.04. The van der Waals surface area contributed by atoms with Gasteiger partial charge in [0.25, 0.3) is 0 Å². The van der Waals surface area contributed by atoms with E-state index in [0.29, 0.717) is 13.0 Å². The smallest absolute Gasteiger partial charge is 0.410 e. The summed E-state index contributed by atoms with van der Waals surface area (Å²) in [5, 5.41) is 9.26. The normalized spacial score (nSPS) is 21.6. The standard InChI is InChI=1S/C16H21NO4/c1-11(2)14-13(15(18)19)8-9-17(14)16(20)21-10-12-6-4-3-5-7-12/h3-7,11,13-14H,8-10H2,1-2H3,(H,18,19). The number of carbonyl (C=O) groups excluding carboxylic acids is 1. The van der Waals surface area contributed by atoms with Gasteiger partial charge in [-0.15, -0.1) is 0 Å². The number of hydrogen-bond acceptors (Lipinski definition) is 3. The van der Waals surface area contributed by atoms with Gasteiger partial charge in [-0.1, -0.05) is 44.2 Å². The van der Waals surface area contributed by atoms with Gasteiger partial charge in [-0.05, 0) is 17.9 Å². The van der Waals surface area contributed by atoms with Crippen LogP contribution in [-0.4, -0.2) is 34.7 Å². The van der Waals surface area contributed by atoms with Crippen molar-refractivity contribution in [1.82, 2.24) is 4.90 Å². The molecule has 5 nitrogen and oxygen atoms in total. The molecule has 1 N–H and O–H groups in total. The third-order valence-corrected chi connectivity index (χ3v) is 3.89. The molecule has 1 aliphatic heterocycles. The summed E-state index contributed by atoms with van der Waals surface area (Å²) in [4.78, 5) is 25.1. The molecule has 1 aliphatic rings. The minimum atomic E-state index is -0.841. The predicted octanol–water partition coefficient (Wildman–Crippen LogP) is 2.75. The Balaban J connectivity index is 1.99. The van der Waals surface area contributed by atoms with Crippen molar-refractivity contribution in [3.05, 3.63) is 35.9 Å². The summed E-state index contributed by atoms with van der Waals surface area (Å²) in [5.41, 5.74) is 0.918. The summed E-state index contributed by atoms with van der Waals surface area (Å²) in [6.07, 6.45) is 0.0554. The Kier molecular flexibility index (Phi) is 4.83. The van der Waals surface area contributed by atoms with E-state index in [2.05, 4.69) is 0 Å². The molecule has 1 heterocycles. The zero-order valence-electron chi connectivity index (χ0n) is 12.4. The van der Waals surface area contributed by atoms with E-state index in [1.54, 1.807) is 4.90 Å². The number of carboxylic acid groups (broad SMARTS) is 1. The van der Waals surface area contributed by atoms with E-state index in [9.17, 15) is 14.7 Å². The summed E-state index contributed by atoms with van der Waals surface area (Å²) in [6.45, 7) is 4.51. The SMILES string of the molecule is CC(C)C1C(C(=O)O)CCN1C(=O)OCc1ccccc1. The maximum absolute atomic E-state index is 12.2. The van der Waals surface area contributed by atoms with E-state index >= 15 is 0 Å². The van der Waals surface area contributed by atoms with E-state index < -0.39 is 18.0 Å². The molecule has 0 bridgehead atoms. The number of benzene rings is 1. The molecule has 0 aromatic heterocycles. The van der Waals surface area contributed by atoms with Gasteiger partial charge in [0.1, 0.15) is 6.61 Å². The molecule has 0 radical (unpaired) electrons. The summed E-state index contributed by atoms with van der Waals surface area (Å²) < 4.78 is 5.31. The van der Waals surface area contributed by atoms with Crippen LogP contribution < -0.4 is 0 Å². The highest BCUT2D eigenvalue weighted by atomic mass is 16.6. The lowest BCUT2D eigenvalue weighted by atomic mass is 9.91. The van der Waals surface area contributed by atoms with Gasteiger partial charge in [0.15, 0.2) is 0 Å². The number of hydrogen-bond donors (Lipinski definition) is 1. The molecule has 1 fully saturated rings. The Morgan fingerprint density at radius 3 is 2.57 bits per heavy atom. The van der Waals surface area contributed by atoms with Gasteiger partial charge in [-0.2, -0.15) is 0 Å². The number of likely N-dealkylation sites (tertiary alicyclic amines) is 1. The van der Waals surface area contributed by atoms with Crippen molar-refractivity contribution < 1.29 is 19.4 Å². The van der Waals surface area contributed by atoms with Gasteiger partial charge in [0.05, 0.1) is 12.0 Å². The first-order valence-electron chi connectivity index (χ1n) is 7.21. The van der Waals surface area contributed by atoms with Crippen molar-refractivity contribution in [3.63, 3.8) is 0 Å². The first-order valence-corrected chi connectivity index (χ1v) is 7.21. The lowest BCUT2D eigenvalue weighted by Crippen LogP contribution is -2.43. The lowest BCUT2D eigenvalue weighted by Gasteiger charge is -2.29. The highest BCUT2D eigenvalue weighted by Gasteiger charge is 2.43. The number of carbonyl (C=O) groups is 2. The van der Waals surface area contributed by atoms with Crippen LogP contribution in [0.3, 0.4) is 0 Å². The van der Waals surface area contributed by atoms with Crippen molar-refractivity contribution in [2.75, 3.05) is 6.54 Å². The summed E-state index contributed by atoms with van der Waals surface area (Å²) in [6, 6.07) is 9.14. The van der Waals surface area contributed by atoms with Crippen LogP contribution in [-0.2, 0) is 16.1 Å². The summed E-state index contributed by atoms with van der Waals surface area (Å²) in [7, 11) is 0. The second-order valence-corrected chi connectivity index (χ2v) is 5.70. The number of carboxylic acids is 1. The molecular formula is C16H21NO4. The van der Waals surface area contributed by atoms with Gasteiger partial charge in [0.2, 0.25) is 0 Å². The van der Waals surface area contributed by atoms with E-state index in [0.717, 1.165) is 5.56 Å². The van der Waals surface area contributed by atoms with Crippen LogP contribution in [0.25, 0.3) is 0 Å². The molecule has 1 aromatic carbocycles. The Bertz CT molecular complexity index is 500. The molecule has 0 saturated carbocycles. The molecule has 2 atom stereocenters. The molecule has 2 unspecified atom stereocenters. The maximum Gasteiger partial charge on any atom is 0.410 e. The zero-order chi connectivity index (χ0) is 15.4. The third kappa shape index (κ3) is 3.54. The quantitative estimate of drug-likeness (QED) is 0.926. The third-order valence-electron chi connectivity index (χ3n) is 3.89. The topological polar surface area (TPSA) is 66.8 Å². The van der Waals surface area contributed by atoms with E-state index in [1.165, 1.54) is 0 Å². The number of rotatable bonds is 4. The average Bonchev–Trinajstić information content (AvgIpc) is 2.91. The molecule has 0 spiro atoms. The van der Waals surface area contributed by atoms with E-state index in [1.807, 2.05) is 44.2 Å². The van der Waals surface area contributed by atoms with Gasteiger partial charge < -0.3 is 14.7 Å². The molecule has 21 heavy (non-hydrogen) atoms. The fourth-order valence-electron chi connectivity index (χ4n) is 2.92. The fourth-order valence-corrected chi connectivity index (χ4v) is 2.92. The van der Waals surface area contributed by atoms with Crippen LogP contribution in [0.5, 0.6) is 0 Å². The van der Waals surface area contributed by atoms with Crippen LogP contribution in [0.1, 0.15) is 25.8 Å². The average molecular weight is 291 g/mol. The number of amides is 1. The first-order chi connectivity index (χ1) is 10.0. The van der Waals surface area contributed by atoms with Crippen molar-refractivity contribution in [1.29, 1.82) is 0 Å². The second-order valence-electron chi connectivity index (χ2n) is 5.70. The summed E-state index contributed by atoms with van der Waals surface area (Å²) in [5.74, 6) is -1.26. The van der Waals surface area contributed by atoms with E-state index in [4.69, 9.17) is 4.74 Å². The summed E-state index contributed by atoms with van der Waals surface area (Å²) >= 11 is 0. The molecule has 0 aliphatic carbocycles. The molecule has 1 saturated heterocycles. The molecule has 1 amide bonds. The predicted molar refractivity (Wildman–Crippen MR) is 77.7 cm³/mol. The van der Waals surface area contributed by atoms with Gasteiger partial charge in [-0.25, -0.2) is 4.79 Å². The second kappa shape index (κ2) is 6.61. The number of aliphatic carboxylic acids is 1. The molecule has 2 rings (SSSR count). The van der Waals surface area contributed by atoms with Crippen LogP contribution in [0.2, 0.25) is 0 Å². The van der Waals surface area contributed by atoms with Crippen LogP contribution in [0.4, 0.5) is 4.79 Å². The van der Waals surface area contributed by atoms with Crippen molar-refractivity contribution in [3.8, 4) is 0 Å². The Labute approximate surface area is 124 Å². The van der Waals surface area contributed by atoms with Crippen molar-refractivity contribution in [2.45, 2.75) is 32.9 Å². The fraction of sp³-hybridized carbons (Fsp3) is 0.500. The largest absolute Gasteiger partial charge is 0.481 e. The van der Waals surface area contributed by atoms with Crippen molar-refractivity contribution in [2.24, 2.45) is 11.8 Å². The van der Waals surface area contributed by atoms with Crippen LogP contribution >= 0.6 is 0 Å². The Morgan fingerprint density at radius 1 is 1.33 bits per heavy atom. The van der Waals surface area contributed by atoms with Gasteiger partial charge in [-0.3, -0.25) is 4.79 Å². The zero-order valence-corrected chi connectivity index (χ0v) is 12.4. The number of ether oxygens (including phenoxy) is 1. The lowest BCUT2D eigenvalue weighted by molar-refractivity contribution is -0.142. The molecule has 1 aromatic rings. The minimum absolute atomic E-state index is 0.0814. The Morgan fingerprint density at radius 2 is 2.00 bits per heavy atom. The maximum atomic E-state index is 12.2. The monoisotopic (exact) mass is 291 g/mol. The molecule has 5 heteroatoms. The van der Waals surface area contributed by atoms with Gasteiger partial charge >= 0.3 is 12.1 Å². The van der Waals surface area contributed by atoms with Gasteiger partial charge in [0, 0.05) is 6.54 Å².